The fourth-order valence-corrected chi connectivity index (χ4v) is 1.71. The lowest BCUT2D eigenvalue weighted by molar-refractivity contribution is 0.125. The Labute approximate surface area is 112 Å². The van der Waals surface area contributed by atoms with E-state index >= 15 is 0 Å². The summed E-state index contributed by atoms with van der Waals surface area (Å²) >= 11 is 3.36. The van der Waals surface area contributed by atoms with Gasteiger partial charge in [0.05, 0.1) is 12.3 Å². The van der Waals surface area contributed by atoms with Crippen LogP contribution in [0, 0.1) is 5.92 Å². The minimum absolute atomic E-state index is 0.717. The molecule has 0 aromatic carbocycles. The van der Waals surface area contributed by atoms with Gasteiger partial charge >= 0.3 is 0 Å². The molecular formula is C13H21BrN2O. The Balaban J connectivity index is 2.01. The molecule has 1 rings (SSSR count). The zero-order valence-electron chi connectivity index (χ0n) is 10.6. The second-order valence-corrected chi connectivity index (χ2v) is 5.24. The Morgan fingerprint density at radius 1 is 1.35 bits per heavy atom. The van der Waals surface area contributed by atoms with E-state index in [1.165, 1.54) is 0 Å². The van der Waals surface area contributed by atoms with Crippen LogP contribution in [-0.2, 0) is 11.3 Å². The molecule has 0 radical (unpaired) electrons. The number of hydrogen-bond donors (Lipinski definition) is 1. The van der Waals surface area contributed by atoms with Gasteiger partial charge in [0.25, 0.3) is 0 Å². The standard InChI is InChI=1S/C13H21BrN2O/c1-11(2)6-8-17-9-7-15-10-12-4-3-5-13(14)16-12/h3-5,11,15H,6-10H2,1-2H3. The van der Waals surface area contributed by atoms with Crippen LogP contribution in [0.2, 0.25) is 0 Å². The number of aromatic nitrogens is 1. The van der Waals surface area contributed by atoms with Gasteiger partial charge in [-0.05, 0) is 40.4 Å². The average molecular weight is 301 g/mol. The molecule has 1 aromatic rings. The van der Waals surface area contributed by atoms with E-state index in [0.29, 0.717) is 5.92 Å². The third-order valence-corrected chi connectivity index (χ3v) is 2.78. The Morgan fingerprint density at radius 3 is 2.88 bits per heavy atom. The summed E-state index contributed by atoms with van der Waals surface area (Å²) in [6.45, 7) is 7.69. The fourth-order valence-electron chi connectivity index (χ4n) is 1.33. The lowest BCUT2D eigenvalue weighted by atomic mass is 10.1. The summed E-state index contributed by atoms with van der Waals surface area (Å²) in [7, 11) is 0. The molecule has 0 aliphatic rings. The minimum Gasteiger partial charge on any atom is -0.380 e. The number of halogens is 1. The molecular weight excluding hydrogens is 280 g/mol. The number of rotatable bonds is 8. The highest BCUT2D eigenvalue weighted by atomic mass is 79.9. The molecule has 0 saturated heterocycles. The minimum atomic E-state index is 0.717. The molecule has 0 aliphatic heterocycles. The summed E-state index contributed by atoms with van der Waals surface area (Å²) in [5, 5.41) is 3.31. The lowest BCUT2D eigenvalue weighted by Crippen LogP contribution is -2.20. The van der Waals surface area contributed by atoms with Crippen molar-refractivity contribution in [1.29, 1.82) is 0 Å². The Bertz CT molecular complexity index is 318. The normalized spacial score (nSPS) is 11.1. The third-order valence-electron chi connectivity index (χ3n) is 2.34. The van der Waals surface area contributed by atoms with Crippen molar-refractivity contribution in [3.8, 4) is 0 Å². The van der Waals surface area contributed by atoms with Crippen molar-refractivity contribution in [2.24, 2.45) is 5.92 Å². The second kappa shape index (κ2) is 8.61. The third kappa shape index (κ3) is 7.47. The van der Waals surface area contributed by atoms with Crippen LogP contribution in [0.25, 0.3) is 0 Å². The van der Waals surface area contributed by atoms with Crippen molar-refractivity contribution < 1.29 is 4.74 Å². The molecule has 0 atom stereocenters. The molecule has 0 saturated carbocycles. The molecule has 0 aliphatic carbocycles. The summed E-state index contributed by atoms with van der Waals surface area (Å²) in [6, 6.07) is 5.93. The zero-order chi connectivity index (χ0) is 12.5. The maximum absolute atomic E-state index is 5.51. The highest BCUT2D eigenvalue weighted by Gasteiger charge is 1.96. The van der Waals surface area contributed by atoms with E-state index in [2.05, 4.69) is 40.1 Å². The average Bonchev–Trinajstić information content (AvgIpc) is 2.27. The van der Waals surface area contributed by atoms with Gasteiger partial charge in [0.2, 0.25) is 0 Å². The predicted octanol–water partition coefficient (Wildman–Crippen LogP) is 3.00. The molecule has 0 spiro atoms. The van der Waals surface area contributed by atoms with Crippen LogP contribution in [0.15, 0.2) is 22.8 Å². The van der Waals surface area contributed by atoms with Gasteiger partial charge in [-0.2, -0.15) is 0 Å². The van der Waals surface area contributed by atoms with Gasteiger partial charge in [-0.15, -0.1) is 0 Å². The highest BCUT2D eigenvalue weighted by molar-refractivity contribution is 9.10. The van der Waals surface area contributed by atoms with Gasteiger partial charge in [-0.3, -0.25) is 0 Å². The molecule has 4 heteroatoms. The van der Waals surface area contributed by atoms with E-state index in [1.54, 1.807) is 0 Å². The quantitative estimate of drug-likeness (QED) is 0.592. The van der Waals surface area contributed by atoms with Crippen LogP contribution >= 0.6 is 15.9 Å². The first-order valence-corrected chi connectivity index (χ1v) is 6.87. The second-order valence-electron chi connectivity index (χ2n) is 4.42. The Morgan fingerprint density at radius 2 is 2.18 bits per heavy atom. The summed E-state index contributed by atoms with van der Waals surface area (Å²) in [5.74, 6) is 0.717. The van der Waals surface area contributed by atoms with Gasteiger partial charge in [0.15, 0.2) is 0 Å². The van der Waals surface area contributed by atoms with Crippen LogP contribution < -0.4 is 5.32 Å². The fraction of sp³-hybridized carbons (Fsp3) is 0.615. The van der Waals surface area contributed by atoms with E-state index in [9.17, 15) is 0 Å². The van der Waals surface area contributed by atoms with Crippen molar-refractivity contribution >= 4 is 15.9 Å². The maximum Gasteiger partial charge on any atom is 0.106 e. The monoisotopic (exact) mass is 300 g/mol. The first-order valence-electron chi connectivity index (χ1n) is 6.08. The number of pyridine rings is 1. The van der Waals surface area contributed by atoms with Crippen molar-refractivity contribution in [3.05, 3.63) is 28.5 Å². The van der Waals surface area contributed by atoms with Gasteiger partial charge in [0, 0.05) is 19.7 Å². The van der Waals surface area contributed by atoms with E-state index < -0.39 is 0 Å². The van der Waals surface area contributed by atoms with E-state index in [-0.39, 0.29) is 0 Å². The highest BCUT2D eigenvalue weighted by Crippen LogP contribution is 2.05. The van der Waals surface area contributed by atoms with Crippen molar-refractivity contribution in [2.75, 3.05) is 19.8 Å². The molecule has 96 valence electrons. The van der Waals surface area contributed by atoms with Gasteiger partial charge < -0.3 is 10.1 Å². The zero-order valence-corrected chi connectivity index (χ0v) is 12.2. The molecule has 0 bridgehead atoms. The summed E-state index contributed by atoms with van der Waals surface area (Å²) < 4.78 is 6.39. The Kier molecular flexibility index (Phi) is 7.40. The first kappa shape index (κ1) is 14.6. The van der Waals surface area contributed by atoms with Crippen molar-refractivity contribution in [1.82, 2.24) is 10.3 Å². The van der Waals surface area contributed by atoms with Crippen LogP contribution in [0.5, 0.6) is 0 Å². The van der Waals surface area contributed by atoms with Gasteiger partial charge in [0.1, 0.15) is 4.60 Å². The largest absolute Gasteiger partial charge is 0.380 e. The molecule has 1 aromatic heterocycles. The van der Waals surface area contributed by atoms with E-state index in [1.807, 2.05) is 18.2 Å². The molecule has 0 amide bonds. The number of hydrogen-bond acceptors (Lipinski definition) is 3. The van der Waals surface area contributed by atoms with Crippen molar-refractivity contribution in [3.63, 3.8) is 0 Å². The first-order chi connectivity index (χ1) is 8.18. The van der Waals surface area contributed by atoms with Crippen LogP contribution in [0.4, 0.5) is 0 Å². The molecule has 1 N–H and O–H groups in total. The summed E-state index contributed by atoms with van der Waals surface area (Å²) in [6.07, 6.45) is 1.13. The van der Waals surface area contributed by atoms with Crippen LogP contribution in [0.1, 0.15) is 26.0 Å². The van der Waals surface area contributed by atoms with E-state index in [4.69, 9.17) is 4.74 Å². The number of nitrogens with zero attached hydrogens (tertiary/aromatic N) is 1. The summed E-state index contributed by atoms with van der Waals surface area (Å²) in [4.78, 5) is 4.34. The molecule has 0 fully saturated rings. The number of ether oxygens (including phenoxy) is 1. The molecule has 17 heavy (non-hydrogen) atoms. The maximum atomic E-state index is 5.51. The smallest absolute Gasteiger partial charge is 0.106 e. The van der Waals surface area contributed by atoms with Gasteiger partial charge in [-0.25, -0.2) is 4.98 Å². The van der Waals surface area contributed by atoms with Crippen LogP contribution in [0.3, 0.4) is 0 Å². The van der Waals surface area contributed by atoms with E-state index in [0.717, 1.165) is 43.0 Å². The molecule has 1 heterocycles. The predicted molar refractivity (Wildman–Crippen MR) is 73.9 cm³/mol. The Hall–Kier alpha value is -0.450. The van der Waals surface area contributed by atoms with Gasteiger partial charge in [-0.1, -0.05) is 19.9 Å². The SMILES string of the molecule is CC(C)CCOCCNCc1cccc(Br)n1. The molecule has 3 nitrogen and oxygen atoms in total. The van der Waals surface area contributed by atoms with Crippen LogP contribution in [-0.4, -0.2) is 24.7 Å². The topological polar surface area (TPSA) is 34.1 Å². The number of nitrogens with one attached hydrogen (secondary N) is 1. The van der Waals surface area contributed by atoms with Crippen molar-refractivity contribution in [2.45, 2.75) is 26.8 Å². The lowest BCUT2D eigenvalue weighted by Gasteiger charge is -2.07. The summed E-state index contributed by atoms with van der Waals surface area (Å²) in [5.41, 5.74) is 1.04. The molecule has 0 unspecified atom stereocenters.